The van der Waals surface area contributed by atoms with Crippen molar-refractivity contribution < 1.29 is 23.7 Å². The Hall–Kier alpha value is -3.09. The summed E-state index contributed by atoms with van der Waals surface area (Å²) in [6, 6.07) is 9.71. The van der Waals surface area contributed by atoms with Crippen LogP contribution in [0, 0.1) is 0 Å². The molecule has 0 spiro atoms. The molecule has 0 aromatic heterocycles. The van der Waals surface area contributed by atoms with Crippen molar-refractivity contribution in [2.75, 3.05) is 35.5 Å². The molecule has 0 aliphatic carbocycles. The molecule has 1 aliphatic heterocycles. The van der Waals surface area contributed by atoms with Gasteiger partial charge in [-0.1, -0.05) is 6.07 Å². The number of nitrogens with zero attached hydrogens (tertiary/aromatic N) is 1. The van der Waals surface area contributed by atoms with Gasteiger partial charge >= 0.3 is 0 Å². The summed E-state index contributed by atoms with van der Waals surface area (Å²) in [5, 5.41) is 4.51. The van der Waals surface area contributed by atoms with Crippen molar-refractivity contribution >= 4 is 5.71 Å². The fourth-order valence-electron chi connectivity index (χ4n) is 3.13. The quantitative estimate of drug-likeness (QED) is 0.805. The van der Waals surface area contributed by atoms with Crippen molar-refractivity contribution in [3.63, 3.8) is 0 Å². The van der Waals surface area contributed by atoms with E-state index >= 15 is 0 Å². The number of hydrogen-bond acceptors (Lipinski definition) is 7. The second kappa shape index (κ2) is 8.07. The lowest BCUT2D eigenvalue weighted by atomic mass is 9.98. The monoisotopic (exact) mass is 372 g/mol. The molecule has 0 saturated carbocycles. The average Bonchev–Trinajstić information content (AvgIpc) is 3.22. The Bertz CT molecular complexity index is 825. The van der Waals surface area contributed by atoms with E-state index in [1.54, 1.807) is 35.5 Å². The molecule has 144 valence electrons. The van der Waals surface area contributed by atoms with Crippen LogP contribution in [-0.2, 0) is 0 Å². The zero-order valence-corrected chi connectivity index (χ0v) is 16.2. The van der Waals surface area contributed by atoms with Crippen molar-refractivity contribution in [3.05, 3.63) is 41.5 Å². The maximum absolute atomic E-state index is 5.44. The zero-order valence-electron chi connectivity index (χ0n) is 16.2. The number of benzene rings is 2. The van der Waals surface area contributed by atoms with E-state index in [9.17, 15) is 0 Å². The maximum atomic E-state index is 5.44. The van der Waals surface area contributed by atoms with Crippen molar-refractivity contribution in [2.45, 2.75) is 12.5 Å². The second-order valence-corrected chi connectivity index (χ2v) is 5.97. The largest absolute Gasteiger partial charge is 0.493 e. The van der Waals surface area contributed by atoms with Crippen LogP contribution in [-0.4, -0.2) is 41.3 Å². The Kier molecular flexibility index (Phi) is 5.59. The van der Waals surface area contributed by atoms with Crippen LogP contribution in [0.3, 0.4) is 0 Å². The van der Waals surface area contributed by atoms with Crippen molar-refractivity contribution in [2.24, 2.45) is 5.10 Å². The highest BCUT2D eigenvalue weighted by molar-refractivity contribution is 6.02. The first-order chi connectivity index (χ1) is 13.1. The Morgan fingerprint density at radius 1 is 0.778 bits per heavy atom. The molecule has 27 heavy (non-hydrogen) atoms. The second-order valence-electron chi connectivity index (χ2n) is 5.97. The van der Waals surface area contributed by atoms with Crippen LogP contribution < -0.4 is 29.1 Å². The van der Waals surface area contributed by atoms with Crippen molar-refractivity contribution in [1.29, 1.82) is 0 Å². The van der Waals surface area contributed by atoms with Crippen molar-refractivity contribution in [3.8, 4) is 28.7 Å². The lowest BCUT2D eigenvalue weighted by Crippen LogP contribution is -2.10. The Balaban J connectivity index is 1.86. The molecule has 0 radical (unpaired) electrons. The molecule has 7 heteroatoms. The van der Waals surface area contributed by atoms with E-state index in [4.69, 9.17) is 23.7 Å². The lowest BCUT2D eigenvalue weighted by molar-refractivity contribution is 0.324. The first-order valence-electron chi connectivity index (χ1n) is 8.49. The van der Waals surface area contributed by atoms with Gasteiger partial charge in [0, 0.05) is 12.0 Å². The van der Waals surface area contributed by atoms with Gasteiger partial charge in [0.1, 0.15) is 0 Å². The summed E-state index contributed by atoms with van der Waals surface area (Å²) in [6.45, 7) is 0. The predicted molar refractivity (Wildman–Crippen MR) is 103 cm³/mol. The zero-order chi connectivity index (χ0) is 19.4. The molecule has 1 unspecified atom stereocenters. The summed E-state index contributed by atoms with van der Waals surface area (Å²) in [6.07, 6.45) is 0.716. The summed E-state index contributed by atoms with van der Waals surface area (Å²) in [5.41, 5.74) is 6.09. The van der Waals surface area contributed by atoms with Crippen LogP contribution in [0.4, 0.5) is 0 Å². The van der Waals surface area contributed by atoms with E-state index < -0.39 is 0 Å². The normalized spacial score (nSPS) is 15.6. The topological polar surface area (TPSA) is 70.5 Å². The van der Waals surface area contributed by atoms with Gasteiger partial charge in [0.2, 0.25) is 5.75 Å². The van der Waals surface area contributed by atoms with Crippen LogP contribution in [0.2, 0.25) is 0 Å². The van der Waals surface area contributed by atoms with E-state index in [-0.39, 0.29) is 6.04 Å². The molecule has 0 amide bonds. The van der Waals surface area contributed by atoms with E-state index in [1.807, 2.05) is 30.3 Å². The van der Waals surface area contributed by atoms with Gasteiger partial charge in [-0.3, -0.25) is 0 Å². The standard InChI is InChI=1S/C20H24N2O5/c1-23-16-7-6-12(8-17(16)24-2)14-11-15(22-21-14)13-9-18(25-3)20(27-5)19(10-13)26-4/h6-10,14,21H,11H2,1-5H3. The fraction of sp³-hybridized carbons (Fsp3) is 0.350. The van der Waals surface area contributed by atoms with Crippen LogP contribution >= 0.6 is 0 Å². The molecule has 3 rings (SSSR count). The number of methoxy groups -OCH3 is 5. The molecule has 1 atom stereocenters. The van der Waals surface area contributed by atoms with Gasteiger partial charge in [0.05, 0.1) is 47.3 Å². The molecule has 0 saturated heterocycles. The van der Waals surface area contributed by atoms with Crippen LogP contribution in [0.15, 0.2) is 35.4 Å². The van der Waals surface area contributed by atoms with Gasteiger partial charge in [-0.25, -0.2) is 0 Å². The van der Waals surface area contributed by atoms with Gasteiger partial charge in [-0.05, 0) is 29.8 Å². The van der Waals surface area contributed by atoms with Gasteiger partial charge in [-0.2, -0.15) is 5.10 Å². The van der Waals surface area contributed by atoms with E-state index in [2.05, 4.69) is 10.5 Å². The summed E-state index contributed by atoms with van der Waals surface area (Å²) in [5.74, 6) is 3.16. The smallest absolute Gasteiger partial charge is 0.203 e. The highest BCUT2D eigenvalue weighted by Gasteiger charge is 2.24. The third-order valence-electron chi connectivity index (χ3n) is 4.56. The summed E-state index contributed by atoms with van der Waals surface area (Å²) in [7, 11) is 8.03. The molecule has 1 N–H and O–H groups in total. The number of hydrazone groups is 1. The van der Waals surface area contributed by atoms with E-state index in [0.29, 0.717) is 35.2 Å². The first kappa shape index (κ1) is 18.7. The highest BCUT2D eigenvalue weighted by Crippen LogP contribution is 2.40. The van der Waals surface area contributed by atoms with E-state index in [0.717, 1.165) is 16.8 Å². The van der Waals surface area contributed by atoms with Gasteiger partial charge in [0.15, 0.2) is 23.0 Å². The minimum atomic E-state index is 0.0406. The fourth-order valence-corrected chi connectivity index (χ4v) is 3.13. The third kappa shape index (κ3) is 3.58. The number of ether oxygens (including phenoxy) is 5. The molecule has 2 aromatic rings. The number of nitrogens with one attached hydrogen (secondary N) is 1. The first-order valence-corrected chi connectivity index (χ1v) is 8.49. The Morgan fingerprint density at radius 3 is 1.96 bits per heavy atom. The lowest BCUT2D eigenvalue weighted by Gasteiger charge is -2.15. The van der Waals surface area contributed by atoms with Crippen LogP contribution in [0.25, 0.3) is 0 Å². The van der Waals surface area contributed by atoms with Gasteiger partial charge in [-0.15, -0.1) is 0 Å². The maximum Gasteiger partial charge on any atom is 0.203 e. The van der Waals surface area contributed by atoms with E-state index in [1.165, 1.54) is 0 Å². The molecule has 0 fully saturated rings. The molecular formula is C20H24N2O5. The van der Waals surface area contributed by atoms with Gasteiger partial charge in [0.25, 0.3) is 0 Å². The van der Waals surface area contributed by atoms with Crippen LogP contribution in [0.1, 0.15) is 23.6 Å². The highest BCUT2D eigenvalue weighted by atomic mass is 16.5. The molecule has 1 aliphatic rings. The Labute approximate surface area is 158 Å². The minimum Gasteiger partial charge on any atom is -0.493 e. The summed E-state index contributed by atoms with van der Waals surface area (Å²) >= 11 is 0. The van der Waals surface area contributed by atoms with Crippen LogP contribution in [0.5, 0.6) is 28.7 Å². The van der Waals surface area contributed by atoms with Gasteiger partial charge < -0.3 is 29.1 Å². The average molecular weight is 372 g/mol. The molecule has 0 bridgehead atoms. The molecule has 7 nitrogen and oxygen atoms in total. The molecule has 1 heterocycles. The third-order valence-corrected chi connectivity index (χ3v) is 4.56. The molecular weight excluding hydrogens is 348 g/mol. The Morgan fingerprint density at radius 2 is 1.41 bits per heavy atom. The molecule has 2 aromatic carbocycles. The number of rotatable bonds is 7. The van der Waals surface area contributed by atoms with Crippen molar-refractivity contribution in [1.82, 2.24) is 5.43 Å². The summed E-state index contributed by atoms with van der Waals surface area (Å²) in [4.78, 5) is 0. The SMILES string of the molecule is COc1ccc(C2CC(c3cc(OC)c(OC)c(OC)c3)=NN2)cc1OC. The summed E-state index contributed by atoms with van der Waals surface area (Å²) < 4.78 is 27.0. The minimum absolute atomic E-state index is 0.0406. The number of hydrogen-bond donors (Lipinski definition) is 1. The predicted octanol–water partition coefficient (Wildman–Crippen LogP) is 3.17.